The van der Waals surface area contributed by atoms with Crippen LogP contribution in [0.25, 0.3) is 11.2 Å². The minimum atomic E-state index is -4.33. The molecule has 2 heterocycles. The molecule has 2 atom stereocenters. The summed E-state index contributed by atoms with van der Waals surface area (Å²) in [5, 5.41) is 10.4. The lowest BCUT2D eigenvalue weighted by atomic mass is 10.0. The van der Waals surface area contributed by atoms with E-state index in [9.17, 15) is 14.5 Å². The van der Waals surface area contributed by atoms with Gasteiger partial charge in [-0.25, -0.2) is 4.98 Å². The molecule has 23 heavy (non-hydrogen) atoms. The van der Waals surface area contributed by atoms with Crippen molar-refractivity contribution in [3.05, 3.63) is 28.6 Å². The number of nitrogens with two attached hydrogens (primary N) is 1. The topological polar surface area (TPSA) is 167 Å². The molecule has 1 aliphatic rings. The minimum absolute atomic E-state index is 0.0288. The summed E-state index contributed by atoms with van der Waals surface area (Å²) in [4.78, 5) is 40.0. The quantitative estimate of drug-likeness (QED) is 0.480. The summed E-state index contributed by atoms with van der Waals surface area (Å²) in [5.41, 5.74) is 4.25. The van der Waals surface area contributed by atoms with Crippen molar-refractivity contribution < 1.29 is 19.5 Å². The Morgan fingerprint density at radius 3 is 2.96 bits per heavy atom. The van der Waals surface area contributed by atoms with Gasteiger partial charge in [0.25, 0.3) is 5.56 Å². The van der Waals surface area contributed by atoms with E-state index in [-0.39, 0.29) is 23.9 Å². The second-order valence-corrected chi connectivity index (χ2v) is 7.16. The van der Waals surface area contributed by atoms with Gasteiger partial charge in [0.05, 0.1) is 11.9 Å². The van der Waals surface area contributed by atoms with Gasteiger partial charge >= 0.3 is 7.60 Å². The zero-order valence-electron chi connectivity index (χ0n) is 12.0. The Morgan fingerprint density at radius 2 is 2.26 bits per heavy atom. The van der Waals surface area contributed by atoms with Crippen LogP contribution in [0.4, 0.5) is 5.95 Å². The summed E-state index contributed by atoms with van der Waals surface area (Å²) >= 11 is 0. The maximum absolute atomic E-state index is 11.8. The molecule has 0 saturated heterocycles. The second kappa shape index (κ2) is 5.27. The number of aliphatic hydroxyl groups is 1. The van der Waals surface area contributed by atoms with Crippen LogP contribution in [0.2, 0.25) is 0 Å². The van der Waals surface area contributed by atoms with E-state index in [2.05, 4.69) is 15.0 Å². The minimum Gasteiger partial charge on any atom is -0.386 e. The first-order valence-electron chi connectivity index (χ1n) is 6.87. The van der Waals surface area contributed by atoms with Gasteiger partial charge < -0.3 is 25.2 Å². The molecule has 3 rings (SSSR count). The zero-order valence-corrected chi connectivity index (χ0v) is 12.8. The fourth-order valence-corrected chi connectivity index (χ4v) is 3.34. The van der Waals surface area contributed by atoms with E-state index in [4.69, 9.17) is 15.5 Å². The zero-order chi connectivity index (χ0) is 16.8. The molecule has 2 aromatic rings. The van der Waals surface area contributed by atoms with Crippen LogP contribution in [0.5, 0.6) is 0 Å². The van der Waals surface area contributed by atoms with E-state index < -0.39 is 18.8 Å². The van der Waals surface area contributed by atoms with Crippen molar-refractivity contribution in [2.24, 2.45) is 0 Å². The van der Waals surface area contributed by atoms with Crippen molar-refractivity contribution in [1.29, 1.82) is 0 Å². The van der Waals surface area contributed by atoms with E-state index in [1.165, 1.54) is 6.33 Å². The van der Waals surface area contributed by atoms with Gasteiger partial charge in [0.15, 0.2) is 11.2 Å². The van der Waals surface area contributed by atoms with Crippen molar-refractivity contribution in [2.45, 2.75) is 30.9 Å². The SMILES string of the molecule is Nc1nc2c(ncn2[C@H]2CC[C@@](O)(/C=C/P(=O)(O)O)C2)c(=O)[nH]1. The van der Waals surface area contributed by atoms with Gasteiger partial charge in [-0.3, -0.25) is 14.3 Å². The Morgan fingerprint density at radius 1 is 1.52 bits per heavy atom. The molecule has 124 valence electrons. The molecule has 1 aliphatic carbocycles. The predicted molar refractivity (Wildman–Crippen MR) is 81.6 cm³/mol. The van der Waals surface area contributed by atoms with Gasteiger partial charge in [0.1, 0.15) is 0 Å². The summed E-state index contributed by atoms with van der Waals surface area (Å²) in [7, 11) is -4.33. The Labute approximate surface area is 129 Å². The van der Waals surface area contributed by atoms with Gasteiger partial charge in [0.2, 0.25) is 5.95 Å². The Hall–Kier alpha value is -2.00. The smallest absolute Gasteiger partial charge is 0.348 e. The van der Waals surface area contributed by atoms with Gasteiger partial charge in [-0.1, -0.05) is 0 Å². The van der Waals surface area contributed by atoms with Gasteiger partial charge in [-0.15, -0.1) is 0 Å². The van der Waals surface area contributed by atoms with Crippen molar-refractivity contribution in [3.8, 4) is 0 Å². The summed E-state index contributed by atoms with van der Waals surface area (Å²) in [6, 6.07) is -0.208. The van der Waals surface area contributed by atoms with Crippen LogP contribution in [0.1, 0.15) is 25.3 Å². The highest BCUT2D eigenvalue weighted by Crippen LogP contribution is 2.43. The van der Waals surface area contributed by atoms with Gasteiger partial charge in [-0.05, 0) is 18.9 Å². The van der Waals surface area contributed by atoms with Gasteiger partial charge in [-0.2, -0.15) is 4.98 Å². The fraction of sp³-hybridized carbons (Fsp3) is 0.417. The second-order valence-electron chi connectivity index (χ2n) is 5.68. The third-order valence-corrected chi connectivity index (χ3v) is 4.46. The number of fused-ring (bicyclic) bond motifs is 1. The highest BCUT2D eigenvalue weighted by molar-refractivity contribution is 7.55. The summed E-state index contributed by atoms with van der Waals surface area (Å²) in [6.07, 6.45) is 3.69. The third kappa shape index (κ3) is 3.20. The van der Waals surface area contributed by atoms with Crippen LogP contribution in [0.3, 0.4) is 0 Å². The van der Waals surface area contributed by atoms with Crippen molar-refractivity contribution in [1.82, 2.24) is 19.5 Å². The number of nitrogen functional groups attached to an aromatic ring is 1. The Bertz CT molecular complexity index is 884. The molecule has 0 unspecified atom stereocenters. The number of nitrogens with one attached hydrogen (secondary N) is 1. The highest BCUT2D eigenvalue weighted by Gasteiger charge is 2.37. The number of aromatic amines is 1. The number of nitrogens with zero attached hydrogens (tertiary/aromatic N) is 3. The van der Waals surface area contributed by atoms with E-state index in [0.717, 1.165) is 6.08 Å². The standard InChI is InChI=1S/C12H16N5O5P/c13-11-15-9-8(10(18)16-11)14-6-17(9)7-1-2-12(19,5-7)3-4-23(20,21)22/h3-4,6-7,19H,1-2,5H2,(H2,20,21,22)(H3,13,15,16,18)/b4-3+/t7-,12+/m0/s1. The summed E-state index contributed by atoms with van der Waals surface area (Å²) < 4.78 is 12.6. The molecular formula is C12H16N5O5P. The molecule has 6 N–H and O–H groups in total. The average molecular weight is 341 g/mol. The number of aromatic nitrogens is 4. The molecule has 10 nitrogen and oxygen atoms in total. The number of hydrogen-bond donors (Lipinski definition) is 5. The van der Waals surface area contributed by atoms with Crippen LogP contribution >= 0.6 is 7.60 Å². The van der Waals surface area contributed by atoms with E-state index in [1.54, 1.807) is 4.57 Å². The lowest BCUT2D eigenvalue weighted by molar-refractivity contribution is 0.0950. The summed E-state index contributed by atoms with van der Waals surface area (Å²) in [5.74, 6) is 0.682. The number of imidazole rings is 1. The maximum atomic E-state index is 11.8. The molecule has 0 bridgehead atoms. The molecule has 0 amide bonds. The first-order valence-corrected chi connectivity index (χ1v) is 8.55. The van der Waals surface area contributed by atoms with Crippen LogP contribution in [0, 0.1) is 0 Å². The largest absolute Gasteiger partial charge is 0.386 e. The molecule has 1 fully saturated rings. The number of anilines is 1. The van der Waals surface area contributed by atoms with Crippen LogP contribution in [0.15, 0.2) is 23.0 Å². The molecule has 0 spiro atoms. The molecule has 1 saturated carbocycles. The predicted octanol–water partition coefficient (Wildman–Crippen LogP) is -0.151. The molecule has 2 aromatic heterocycles. The monoisotopic (exact) mass is 341 g/mol. The third-order valence-electron chi connectivity index (χ3n) is 3.92. The van der Waals surface area contributed by atoms with Crippen LogP contribution < -0.4 is 11.3 Å². The lowest BCUT2D eigenvalue weighted by Crippen LogP contribution is -2.22. The van der Waals surface area contributed by atoms with E-state index >= 15 is 0 Å². The first-order chi connectivity index (χ1) is 10.7. The number of hydrogen-bond acceptors (Lipinski definition) is 6. The van der Waals surface area contributed by atoms with Crippen molar-refractivity contribution in [2.75, 3.05) is 5.73 Å². The molecule has 0 aromatic carbocycles. The van der Waals surface area contributed by atoms with E-state index in [1.807, 2.05) is 0 Å². The highest BCUT2D eigenvalue weighted by atomic mass is 31.2. The fourth-order valence-electron chi connectivity index (χ4n) is 2.86. The molecule has 11 heteroatoms. The Kier molecular flexibility index (Phi) is 3.64. The maximum Gasteiger partial charge on any atom is 0.348 e. The number of H-pyrrole nitrogens is 1. The van der Waals surface area contributed by atoms with E-state index in [0.29, 0.717) is 24.3 Å². The Balaban J connectivity index is 1.92. The van der Waals surface area contributed by atoms with Crippen LogP contribution in [-0.4, -0.2) is 40.0 Å². The number of rotatable bonds is 3. The van der Waals surface area contributed by atoms with Gasteiger partial charge in [0, 0.05) is 18.3 Å². The first kappa shape index (κ1) is 15.9. The average Bonchev–Trinajstić information content (AvgIpc) is 3.00. The van der Waals surface area contributed by atoms with Crippen molar-refractivity contribution in [3.63, 3.8) is 0 Å². The molecule has 0 radical (unpaired) electrons. The molecular weight excluding hydrogens is 325 g/mol. The lowest BCUT2D eigenvalue weighted by Gasteiger charge is -2.19. The summed E-state index contributed by atoms with van der Waals surface area (Å²) in [6.45, 7) is 0. The molecule has 0 aliphatic heterocycles. The van der Waals surface area contributed by atoms with Crippen LogP contribution in [-0.2, 0) is 4.57 Å². The van der Waals surface area contributed by atoms with Crippen molar-refractivity contribution >= 4 is 24.7 Å². The normalized spacial score (nSPS) is 25.6.